The zero-order chi connectivity index (χ0) is 21.2. The van der Waals surface area contributed by atoms with E-state index in [0.717, 1.165) is 5.56 Å². The van der Waals surface area contributed by atoms with Crippen LogP contribution in [-0.2, 0) is 9.59 Å². The molecule has 0 spiro atoms. The Morgan fingerprint density at radius 3 is 2.34 bits per heavy atom. The summed E-state index contributed by atoms with van der Waals surface area (Å²) in [5, 5.41) is 4.95. The molecule has 29 heavy (non-hydrogen) atoms. The summed E-state index contributed by atoms with van der Waals surface area (Å²) in [7, 11) is 1.54. The van der Waals surface area contributed by atoms with Gasteiger partial charge in [0.15, 0.2) is 5.11 Å². The minimum absolute atomic E-state index is 0.0668. The molecule has 4 N–H and O–H groups in total. The molecule has 0 heterocycles. The number of benzene rings is 2. The molecule has 0 aliphatic carbocycles. The topological polar surface area (TPSA) is 109 Å². The van der Waals surface area contributed by atoms with Crippen LogP contribution in [0.4, 0.5) is 5.69 Å². The molecule has 0 bridgehead atoms. The van der Waals surface area contributed by atoms with E-state index in [0.29, 0.717) is 17.0 Å². The van der Waals surface area contributed by atoms with E-state index in [4.69, 9.17) is 17.0 Å². The number of hydrogen-bond acceptors (Lipinski definition) is 5. The molecule has 2 aromatic rings. The molecule has 0 aromatic heterocycles. The molecule has 3 amide bonds. The van der Waals surface area contributed by atoms with Crippen molar-refractivity contribution in [3.63, 3.8) is 0 Å². The van der Waals surface area contributed by atoms with E-state index in [1.54, 1.807) is 49.6 Å². The predicted molar refractivity (Wildman–Crippen MR) is 114 cm³/mol. The van der Waals surface area contributed by atoms with Gasteiger partial charge < -0.3 is 10.1 Å². The number of para-hydroxylation sites is 1. The van der Waals surface area contributed by atoms with Gasteiger partial charge in [0, 0.05) is 29.8 Å². The van der Waals surface area contributed by atoms with Crippen molar-refractivity contribution in [2.24, 2.45) is 0 Å². The number of carbonyl (C=O) groups is 3. The number of carbonyl (C=O) groups excluding carboxylic acids is 3. The molecule has 0 saturated carbocycles. The summed E-state index contributed by atoms with van der Waals surface area (Å²) in [4.78, 5) is 35.0. The van der Waals surface area contributed by atoms with Crippen molar-refractivity contribution in [3.05, 3.63) is 65.7 Å². The minimum atomic E-state index is -0.470. The number of amides is 3. The van der Waals surface area contributed by atoms with Crippen LogP contribution in [0.2, 0.25) is 0 Å². The van der Waals surface area contributed by atoms with Gasteiger partial charge in [0.25, 0.3) is 5.91 Å². The lowest BCUT2D eigenvalue weighted by Crippen LogP contribution is -2.48. The number of ether oxygens (including phenoxy) is 1. The Labute approximate surface area is 173 Å². The van der Waals surface area contributed by atoms with Crippen LogP contribution in [-0.4, -0.2) is 29.9 Å². The molecule has 0 radical (unpaired) electrons. The number of nitrogens with one attached hydrogen (secondary N) is 4. The summed E-state index contributed by atoms with van der Waals surface area (Å²) < 4.78 is 5.20. The first-order valence-electron chi connectivity index (χ1n) is 8.49. The van der Waals surface area contributed by atoms with Gasteiger partial charge in [-0.15, -0.1) is 0 Å². The first-order valence-corrected chi connectivity index (χ1v) is 8.90. The maximum absolute atomic E-state index is 12.1. The van der Waals surface area contributed by atoms with Crippen LogP contribution < -0.4 is 26.2 Å². The van der Waals surface area contributed by atoms with Crippen LogP contribution >= 0.6 is 12.2 Å². The van der Waals surface area contributed by atoms with E-state index in [1.165, 1.54) is 13.0 Å². The smallest absolute Gasteiger partial charge is 0.269 e. The highest BCUT2D eigenvalue weighted by Gasteiger charge is 2.07. The third-order valence-corrected chi connectivity index (χ3v) is 3.75. The second-order valence-corrected chi connectivity index (χ2v) is 6.14. The first-order chi connectivity index (χ1) is 13.9. The molecule has 2 rings (SSSR count). The fourth-order valence-corrected chi connectivity index (χ4v) is 2.40. The fourth-order valence-electron chi connectivity index (χ4n) is 2.25. The molecule has 0 atom stereocenters. The van der Waals surface area contributed by atoms with E-state index in [-0.39, 0.29) is 11.0 Å². The highest BCUT2D eigenvalue weighted by atomic mass is 32.1. The Morgan fingerprint density at radius 1 is 1.00 bits per heavy atom. The first kappa shape index (κ1) is 21.6. The number of rotatable bonds is 5. The zero-order valence-corrected chi connectivity index (χ0v) is 16.6. The Morgan fingerprint density at radius 2 is 1.69 bits per heavy atom. The molecule has 0 aliphatic rings. The van der Waals surface area contributed by atoms with Gasteiger partial charge in [-0.05, 0) is 48.6 Å². The van der Waals surface area contributed by atoms with Crippen molar-refractivity contribution in [1.82, 2.24) is 16.2 Å². The van der Waals surface area contributed by atoms with Gasteiger partial charge in [0.2, 0.25) is 11.8 Å². The number of thiocarbonyl (C=S) groups is 1. The van der Waals surface area contributed by atoms with Crippen molar-refractivity contribution in [2.75, 3.05) is 12.4 Å². The van der Waals surface area contributed by atoms with Crippen LogP contribution in [0.3, 0.4) is 0 Å². The zero-order valence-electron chi connectivity index (χ0n) is 15.8. The maximum Gasteiger partial charge on any atom is 0.269 e. The standard InChI is InChI=1S/C20H20N4O4S/c1-13(25)21-16-10-7-15(8-11-16)19(27)23-24-20(29)22-18(26)12-9-14-5-3-4-6-17(14)28-2/h3-12H,1-2H3,(H,21,25)(H,23,27)(H2,22,24,26,29)/b12-9+. The molecule has 2 aromatic carbocycles. The lowest BCUT2D eigenvalue weighted by Gasteiger charge is -2.10. The number of anilines is 1. The average Bonchev–Trinajstić information content (AvgIpc) is 2.70. The van der Waals surface area contributed by atoms with Crippen molar-refractivity contribution in [1.29, 1.82) is 0 Å². The Balaban J connectivity index is 1.82. The second-order valence-electron chi connectivity index (χ2n) is 5.73. The van der Waals surface area contributed by atoms with Crippen molar-refractivity contribution < 1.29 is 19.1 Å². The number of methoxy groups -OCH3 is 1. The van der Waals surface area contributed by atoms with Gasteiger partial charge in [-0.1, -0.05) is 18.2 Å². The quantitative estimate of drug-likeness (QED) is 0.340. The fraction of sp³-hybridized carbons (Fsp3) is 0.100. The van der Waals surface area contributed by atoms with Gasteiger partial charge >= 0.3 is 0 Å². The van der Waals surface area contributed by atoms with Gasteiger partial charge in [0.05, 0.1) is 7.11 Å². The van der Waals surface area contributed by atoms with Crippen molar-refractivity contribution in [3.8, 4) is 5.75 Å². The summed E-state index contributed by atoms with van der Waals surface area (Å²) in [6.45, 7) is 1.39. The second kappa shape index (κ2) is 10.6. The third-order valence-electron chi connectivity index (χ3n) is 3.55. The SMILES string of the molecule is COc1ccccc1/C=C/C(=O)NC(=S)NNC(=O)c1ccc(NC(C)=O)cc1. The molecule has 0 aliphatic heterocycles. The average molecular weight is 412 g/mol. The van der Waals surface area contributed by atoms with E-state index < -0.39 is 11.8 Å². The Kier molecular flexibility index (Phi) is 7.87. The molecule has 9 heteroatoms. The predicted octanol–water partition coefficient (Wildman–Crippen LogP) is 2.00. The third kappa shape index (κ3) is 7.07. The highest BCUT2D eigenvalue weighted by molar-refractivity contribution is 7.80. The normalized spacial score (nSPS) is 10.1. The van der Waals surface area contributed by atoms with Crippen LogP contribution in [0.15, 0.2) is 54.6 Å². The summed E-state index contributed by atoms with van der Waals surface area (Å²) in [5.74, 6) is -0.499. The van der Waals surface area contributed by atoms with Gasteiger partial charge in [-0.2, -0.15) is 0 Å². The molecule has 0 unspecified atom stereocenters. The highest BCUT2D eigenvalue weighted by Crippen LogP contribution is 2.18. The molecule has 0 fully saturated rings. The van der Waals surface area contributed by atoms with Gasteiger partial charge in [0.1, 0.15) is 5.75 Å². The van der Waals surface area contributed by atoms with Gasteiger partial charge in [-0.3, -0.25) is 30.6 Å². The van der Waals surface area contributed by atoms with Crippen LogP contribution in [0.25, 0.3) is 6.08 Å². The van der Waals surface area contributed by atoms with Crippen molar-refractivity contribution >= 4 is 46.8 Å². The monoisotopic (exact) mass is 412 g/mol. The molecule has 8 nitrogen and oxygen atoms in total. The van der Waals surface area contributed by atoms with Crippen LogP contribution in [0.5, 0.6) is 5.75 Å². The Bertz CT molecular complexity index is 942. The van der Waals surface area contributed by atoms with Crippen LogP contribution in [0, 0.1) is 0 Å². The summed E-state index contributed by atoms with van der Waals surface area (Å²) in [6, 6.07) is 13.5. The molecule has 150 valence electrons. The number of hydrazine groups is 1. The lowest BCUT2D eigenvalue weighted by molar-refractivity contribution is -0.115. The molecular formula is C20H20N4O4S. The largest absolute Gasteiger partial charge is 0.496 e. The van der Waals surface area contributed by atoms with Crippen molar-refractivity contribution in [2.45, 2.75) is 6.92 Å². The van der Waals surface area contributed by atoms with Crippen LogP contribution in [0.1, 0.15) is 22.8 Å². The maximum atomic E-state index is 12.1. The summed E-state index contributed by atoms with van der Waals surface area (Å²) >= 11 is 4.98. The number of hydrogen-bond donors (Lipinski definition) is 4. The minimum Gasteiger partial charge on any atom is -0.496 e. The Hall–Kier alpha value is -3.72. The van der Waals surface area contributed by atoms with E-state index in [2.05, 4.69) is 21.5 Å². The summed E-state index contributed by atoms with van der Waals surface area (Å²) in [6.07, 6.45) is 2.89. The van der Waals surface area contributed by atoms with E-state index >= 15 is 0 Å². The molecule has 0 saturated heterocycles. The van der Waals surface area contributed by atoms with Gasteiger partial charge in [-0.25, -0.2) is 0 Å². The van der Waals surface area contributed by atoms with E-state index in [1.807, 2.05) is 12.1 Å². The lowest BCUT2D eigenvalue weighted by atomic mass is 10.2. The molecular weight excluding hydrogens is 392 g/mol. The van der Waals surface area contributed by atoms with E-state index in [9.17, 15) is 14.4 Å². The summed E-state index contributed by atoms with van der Waals surface area (Å²) in [5.41, 5.74) is 6.49.